The van der Waals surface area contributed by atoms with Crippen molar-refractivity contribution in [1.29, 1.82) is 0 Å². The predicted octanol–water partition coefficient (Wildman–Crippen LogP) is 2.74. The Hall–Kier alpha value is -1.86. The molecule has 2 aromatic rings. The molecule has 0 bridgehead atoms. The highest BCUT2D eigenvalue weighted by Gasteiger charge is 2.12. The number of amides is 1. The fraction of sp³-hybridized carbons (Fsp3) is 0.231. The first-order chi connectivity index (χ1) is 9.45. The first-order valence-electron chi connectivity index (χ1n) is 5.81. The molecule has 1 heterocycles. The maximum Gasteiger partial charge on any atom is 0.257 e. The summed E-state index contributed by atoms with van der Waals surface area (Å²) in [6.45, 7) is 0.664. The average molecular weight is 297 g/mol. The van der Waals surface area contributed by atoms with Crippen LogP contribution in [0, 0.1) is 11.6 Å². The predicted molar refractivity (Wildman–Crippen MR) is 73.8 cm³/mol. The van der Waals surface area contributed by atoms with Gasteiger partial charge in [0.15, 0.2) is 16.8 Å². The second-order valence-electron chi connectivity index (χ2n) is 4.46. The topological polar surface area (TPSA) is 45.2 Å². The van der Waals surface area contributed by atoms with Crippen LogP contribution in [0.1, 0.15) is 16.1 Å². The molecular weight excluding hydrogens is 284 g/mol. The highest BCUT2D eigenvalue weighted by Crippen LogP contribution is 2.18. The number of thiazole rings is 1. The quantitative estimate of drug-likeness (QED) is 0.944. The van der Waals surface area contributed by atoms with E-state index in [0.717, 1.165) is 17.8 Å². The van der Waals surface area contributed by atoms with Crippen LogP contribution >= 0.6 is 11.3 Å². The third-order valence-electron chi connectivity index (χ3n) is 2.43. The molecule has 1 N–H and O–H groups in total. The van der Waals surface area contributed by atoms with E-state index in [1.165, 1.54) is 17.4 Å². The first kappa shape index (κ1) is 14.5. The van der Waals surface area contributed by atoms with Crippen LogP contribution in [-0.4, -0.2) is 29.9 Å². The molecule has 20 heavy (non-hydrogen) atoms. The minimum absolute atomic E-state index is 0.0493. The van der Waals surface area contributed by atoms with Gasteiger partial charge in [0, 0.05) is 17.5 Å². The molecule has 0 aliphatic carbocycles. The number of rotatable bonds is 4. The van der Waals surface area contributed by atoms with E-state index in [4.69, 9.17) is 0 Å². The van der Waals surface area contributed by atoms with E-state index in [1.807, 2.05) is 24.4 Å². The largest absolute Gasteiger partial charge is 0.304 e. The van der Waals surface area contributed by atoms with E-state index in [2.05, 4.69) is 10.3 Å². The summed E-state index contributed by atoms with van der Waals surface area (Å²) in [6, 6.07) is 3.00. The van der Waals surface area contributed by atoms with Crippen molar-refractivity contribution in [2.24, 2.45) is 0 Å². The molecule has 0 aliphatic heterocycles. The molecule has 0 unspecified atom stereocenters. The van der Waals surface area contributed by atoms with Crippen LogP contribution in [-0.2, 0) is 6.54 Å². The number of carbonyl (C=O) groups is 1. The summed E-state index contributed by atoms with van der Waals surface area (Å²) in [5.41, 5.74) is 0.883. The van der Waals surface area contributed by atoms with Gasteiger partial charge in [0.25, 0.3) is 5.91 Å². The number of hydrogen-bond donors (Lipinski definition) is 1. The van der Waals surface area contributed by atoms with E-state index in [1.54, 1.807) is 0 Å². The van der Waals surface area contributed by atoms with Gasteiger partial charge in [0.1, 0.15) is 0 Å². The zero-order chi connectivity index (χ0) is 14.7. The molecule has 0 radical (unpaired) electrons. The van der Waals surface area contributed by atoms with Crippen molar-refractivity contribution in [2.75, 3.05) is 19.4 Å². The van der Waals surface area contributed by atoms with Crippen molar-refractivity contribution in [3.63, 3.8) is 0 Å². The van der Waals surface area contributed by atoms with E-state index in [9.17, 15) is 13.6 Å². The van der Waals surface area contributed by atoms with Gasteiger partial charge in [-0.3, -0.25) is 10.1 Å². The van der Waals surface area contributed by atoms with Crippen LogP contribution in [0.15, 0.2) is 23.6 Å². The van der Waals surface area contributed by atoms with Gasteiger partial charge in [-0.15, -0.1) is 11.3 Å². The summed E-state index contributed by atoms with van der Waals surface area (Å²) in [5.74, 6) is -2.55. The molecule has 0 saturated heterocycles. The lowest BCUT2D eigenvalue weighted by molar-refractivity contribution is 0.102. The van der Waals surface area contributed by atoms with Crippen LogP contribution in [0.2, 0.25) is 0 Å². The van der Waals surface area contributed by atoms with Crippen molar-refractivity contribution < 1.29 is 13.6 Å². The Morgan fingerprint density at radius 1 is 1.35 bits per heavy atom. The third kappa shape index (κ3) is 3.58. The van der Waals surface area contributed by atoms with Crippen molar-refractivity contribution in [1.82, 2.24) is 9.88 Å². The number of nitrogens with zero attached hydrogens (tertiary/aromatic N) is 2. The molecule has 1 amide bonds. The third-order valence-corrected chi connectivity index (χ3v) is 3.24. The summed E-state index contributed by atoms with van der Waals surface area (Å²) in [7, 11) is 3.83. The highest BCUT2D eigenvalue weighted by atomic mass is 32.1. The van der Waals surface area contributed by atoms with Crippen molar-refractivity contribution in [2.45, 2.75) is 6.54 Å². The fourth-order valence-corrected chi connectivity index (χ4v) is 2.26. The van der Waals surface area contributed by atoms with Crippen molar-refractivity contribution >= 4 is 22.4 Å². The number of aromatic nitrogens is 1. The Morgan fingerprint density at radius 3 is 2.75 bits per heavy atom. The Morgan fingerprint density at radius 2 is 2.10 bits per heavy atom. The summed E-state index contributed by atoms with van der Waals surface area (Å²) in [5, 5.41) is 4.82. The van der Waals surface area contributed by atoms with Crippen molar-refractivity contribution in [3.8, 4) is 0 Å². The summed E-state index contributed by atoms with van der Waals surface area (Å²) in [6.07, 6.45) is 0. The fourth-order valence-electron chi connectivity index (χ4n) is 1.57. The molecular formula is C13H13F2N3OS. The minimum Gasteiger partial charge on any atom is -0.304 e. The summed E-state index contributed by atoms with van der Waals surface area (Å²) < 4.78 is 25.8. The number of hydrogen-bond acceptors (Lipinski definition) is 4. The minimum atomic E-state index is -1.05. The van der Waals surface area contributed by atoms with Gasteiger partial charge in [0.05, 0.1) is 5.69 Å². The monoisotopic (exact) mass is 297 g/mol. The Bertz CT molecular complexity index is 628. The molecule has 1 aromatic heterocycles. The lowest BCUT2D eigenvalue weighted by atomic mass is 10.2. The van der Waals surface area contributed by atoms with Gasteiger partial charge in [-0.05, 0) is 32.3 Å². The van der Waals surface area contributed by atoms with Crippen LogP contribution < -0.4 is 5.32 Å². The number of carbonyl (C=O) groups excluding carboxylic acids is 1. The van der Waals surface area contributed by atoms with Crippen LogP contribution in [0.4, 0.5) is 13.9 Å². The van der Waals surface area contributed by atoms with Crippen LogP contribution in [0.5, 0.6) is 0 Å². The van der Waals surface area contributed by atoms with Gasteiger partial charge in [-0.2, -0.15) is 0 Å². The molecule has 0 fully saturated rings. The summed E-state index contributed by atoms with van der Waals surface area (Å²) in [4.78, 5) is 18.1. The van der Waals surface area contributed by atoms with E-state index < -0.39 is 17.5 Å². The van der Waals surface area contributed by atoms with Gasteiger partial charge in [0.2, 0.25) is 0 Å². The number of halogens is 2. The van der Waals surface area contributed by atoms with Gasteiger partial charge in [-0.1, -0.05) is 0 Å². The van der Waals surface area contributed by atoms with E-state index in [-0.39, 0.29) is 5.56 Å². The molecule has 1 aromatic carbocycles. The lowest BCUT2D eigenvalue weighted by Crippen LogP contribution is -2.13. The molecule has 0 spiro atoms. The van der Waals surface area contributed by atoms with Crippen molar-refractivity contribution in [3.05, 3.63) is 46.5 Å². The molecule has 0 saturated carbocycles. The van der Waals surface area contributed by atoms with Gasteiger partial charge in [-0.25, -0.2) is 13.8 Å². The summed E-state index contributed by atoms with van der Waals surface area (Å²) >= 11 is 1.28. The molecule has 4 nitrogen and oxygen atoms in total. The van der Waals surface area contributed by atoms with Crippen LogP contribution in [0.25, 0.3) is 0 Å². The normalized spacial score (nSPS) is 10.8. The highest BCUT2D eigenvalue weighted by molar-refractivity contribution is 7.13. The number of benzene rings is 1. The molecule has 0 atom stereocenters. The maximum atomic E-state index is 13.1. The van der Waals surface area contributed by atoms with Crippen LogP contribution in [0.3, 0.4) is 0 Å². The van der Waals surface area contributed by atoms with Gasteiger partial charge < -0.3 is 4.90 Å². The second-order valence-corrected chi connectivity index (χ2v) is 5.32. The Balaban J connectivity index is 2.07. The molecule has 2 rings (SSSR count). The Labute approximate surface area is 119 Å². The Kier molecular flexibility index (Phi) is 4.41. The standard InChI is InChI=1S/C13H13F2N3OS/c1-18(2)6-9-7-20-13(16-9)17-12(19)8-3-4-10(14)11(15)5-8/h3-5,7H,6H2,1-2H3,(H,16,17,19). The lowest BCUT2D eigenvalue weighted by Gasteiger charge is -2.05. The number of nitrogens with one attached hydrogen (secondary N) is 1. The zero-order valence-corrected chi connectivity index (χ0v) is 11.8. The number of anilines is 1. The molecule has 106 valence electrons. The molecule has 0 aliphatic rings. The van der Waals surface area contributed by atoms with E-state index in [0.29, 0.717) is 11.7 Å². The van der Waals surface area contributed by atoms with E-state index >= 15 is 0 Å². The second kappa shape index (κ2) is 6.06. The first-order valence-corrected chi connectivity index (χ1v) is 6.69. The molecule has 7 heteroatoms. The average Bonchev–Trinajstić information content (AvgIpc) is 2.79. The maximum absolute atomic E-state index is 13.1. The zero-order valence-electron chi connectivity index (χ0n) is 11.0. The van der Waals surface area contributed by atoms with Gasteiger partial charge >= 0.3 is 0 Å². The SMILES string of the molecule is CN(C)Cc1csc(NC(=O)c2ccc(F)c(F)c2)n1. The smallest absolute Gasteiger partial charge is 0.257 e.